The summed E-state index contributed by atoms with van der Waals surface area (Å²) in [6, 6.07) is 15.2. The lowest BCUT2D eigenvalue weighted by Gasteiger charge is -2.25. The van der Waals surface area contributed by atoms with Crippen LogP contribution < -0.4 is 9.64 Å². The van der Waals surface area contributed by atoms with Gasteiger partial charge in [0.05, 0.1) is 23.2 Å². The third kappa shape index (κ3) is 3.80. The Bertz CT molecular complexity index is 1210. The summed E-state index contributed by atoms with van der Waals surface area (Å²) in [4.78, 5) is 31.8. The number of ether oxygens (including phenoxy) is 1. The number of nitrogens with zero attached hydrogens (tertiary/aromatic N) is 2. The van der Waals surface area contributed by atoms with E-state index < -0.39 is 17.7 Å². The molecule has 1 amide bonds. The summed E-state index contributed by atoms with van der Waals surface area (Å²) in [6.45, 7) is 2.05. The lowest BCUT2D eigenvalue weighted by atomic mass is 9.95. The van der Waals surface area contributed by atoms with Gasteiger partial charge in [-0.3, -0.25) is 19.5 Å². The molecule has 1 unspecified atom stereocenters. The molecular formula is C25H21BrN2O4. The number of hydrogen-bond acceptors (Lipinski definition) is 5. The van der Waals surface area contributed by atoms with Gasteiger partial charge in [-0.1, -0.05) is 19.1 Å². The highest BCUT2D eigenvalue weighted by Crippen LogP contribution is 2.42. The summed E-state index contributed by atoms with van der Waals surface area (Å²) in [7, 11) is 1.54. The third-order valence-electron chi connectivity index (χ3n) is 5.51. The summed E-state index contributed by atoms with van der Waals surface area (Å²) in [5.74, 6) is -1.09. The van der Waals surface area contributed by atoms with Crippen LogP contribution in [0.3, 0.4) is 0 Å². The summed E-state index contributed by atoms with van der Waals surface area (Å²) in [5.41, 5.74) is 2.80. The largest absolute Gasteiger partial charge is 0.507 e. The van der Waals surface area contributed by atoms with Gasteiger partial charge in [-0.25, -0.2) is 0 Å². The van der Waals surface area contributed by atoms with E-state index in [-0.39, 0.29) is 11.3 Å². The molecule has 162 valence electrons. The summed E-state index contributed by atoms with van der Waals surface area (Å²) in [5, 5.41) is 11.2. The van der Waals surface area contributed by atoms with Crippen molar-refractivity contribution in [2.75, 3.05) is 12.0 Å². The molecule has 6 nitrogen and oxygen atoms in total. The number of aliphatic hydroxyl groups is 1. The zero-order chi connectivity index (χ0) is 22.8. The van der Waals surface area contributed by atoms with Crippen LogP contribution in [0.25, 0.3) is 5.76 Å². The Morgan fingerprint density at radius 2 is 1.78 bits per heavy atom. The number of aliphatic hydroxyl groups excluding tert-OH is 1. The van der Waals surface area contributed by atoms with Crippen LogP contribution in [0.4, 0.5) is 5.69 Å². The smallest absolute Gasteiger partial charge is 0.300 e. The minimum Gasteiger partial charge on any atom is -0.507 e. The van der Waals surface area contributed by atoms with Crippen molar-refractivity contribution < 1.29 is 19.4 Å². The van der Waals surface area contributed by atoms with Crippen molar-refractivity contribution in [3.8, 4) is 5.75 Å². The molecule has 0 radical (unpaired) electrons. The highest BCUT2D eigenvalue weighted by atomic mass is 79.9. The molecule has 1 N–H and O–H groups in total. The number of Topliss-reactive ketones (excluding diaryl/α,β-unsaturated/α-hetero) is 1. The molecule has 0 spiro atoms. The van der Waals surface area contributed by atoms with E-state index in [2.05, 4.69) is 20.9 Å². The van der Waals surface area contributed by atoms with Gasteiger partial charge in [-0.15, -0.1) is 0 Å². The van der Waals surface area contributed by atoms with E-state index in [0.717, 1.165) is 12.0 Å². The van der Waals surface area contributed by atoms with Crippen molar-refractivity contribution in [3.63, 3.8) is 0 Å². The van der Waals surface area contributed by atoms with E-state index in [1.807, 2.05) is 31.2 Å². The molecule has 2 heterocycles. The van der Waals surface area contributed by atoms with E-state index >= 15 is 0 Å². The van der Waals surface area contributed by atoms with Crippen LogP contribution >= 0.6 is 15.9 Å². The molecule has 1 saturated heterocycles. The second-order valence-electron chi connectivity index (χ2n) is 7.32. The summed E-state index contributed by atoms with van der Waals surface area (Å²) < 4.78 is 5.87. The highest BCUT2D eigenvalue weighted by molar-refractivity contribution is 9.10. The van der Waals surface area contributed by atoms with Gasteiger partial charge < -0.3 is 9.84 Å². The van der Waals surface area contributed by atoms with Gasteiger partial charge in [0.1, 0.15) is 11.5 Å². The van der Waals surface area contributed by atoms with Crippen molar-refractivity contribution in [1.29, 1.82) is 0 Å². The number of ketones is 1. The highest BCUT2D eigenvalue weighted by Gasteiger charge is 2.47. The zero-order valence-corrected chi connectivity index (χ0v) is 19.2. The zero-order valence-electron chi connectivity index (χ0n) is 17.6. The number of aromatic nitrogens is 1. The Hall–Kier alpha value is -3.45. The molecule has 32 heavy (non-hydrogen) atoms. The first-order chi connectivity index (χ1) is 15.5. The Balaban J connectivity index is 1.90. The first kappa shape index (κ1) is 21.8. The molecule has 2 aromatic carbocycles. The average Bonchev–Trinajstić information content (AvgIpc) is 3.09. The van der Waals surface area contributed by atoms with E-state index in [0.29, 0.717) is 27.0 Å². The molecule has 0 saturated carbocycles. The minimum atomic E-state index is -0.786. The van der Waals surface area contributed by atoms with Crippen molar-refractivity contribution in [2.45, 2.75) is 19.4 Å². The topological polar surface area (TPSA) is 79.7 Å². The number of pyridine rings is 1. The van der Waals surface area contributed by atoms with Gasteiger partial charge in [0.2, 0.25) is 0 Å². The van der Waals surface area contributed by atoms with Crippen LogP contribution in [-0.4, -0.2) is 28.9 Å². The fourth-order valence-corrected chi connectivity index (χ4v) is 4.36. The van der Waals surface area contributed by atoms with Crippen molar-refractivity contribution in [3.05, 3.63) is 93.7 Å². The molecule has 1 aromatic heterocycles. The van der Waals surface area contributed by atoms with E-state index in [9.17, 15) is 14.7 Å². The van der Waals surface area contributed by atoms with Crippen molar-refractivity contribution in [1.82, 2.24) is 4.98 Å². The average molecular weight is 493 g/mol. The van der Waals surface area contributed by atoms with Crippen LogP contribution in [0.5, 0.6) is 5.75 Å². The van der Waals surface area contributed by atoms with Gasteiger partial charge in [0, 0.05) is 23.6 Å². The number of aryl methyl sites for hydroxylation is 1. The standard InChI is InChI=1S/C25H21BrN2O4/c1-3-15-4-7-18(8-5-15)28-22(16-10-12-27-13-11-16)21(24(30)25(28)31)23(29)17-6-9-20(32-2)19(26)14-17/h4-14,22,29H,3H2,1-2H3/b23-21-. The molecule has 0 bridgehead atoms. The maximum absolute atomic E-state index is 13.2. The number of rotatable bonds is 5. The predicted molar refractivity (Wildman–Crippen MR) is 126 cm³/mol. The monoisotopic (exact) mass is 492 g/mol. The van der Waals surface area contributed by atoms with Gasteiger partial charge >= 0.3 is 0 Å². The Morgan fingerprint density at radius 1 is 1.09 bits per heavy atom. The fraction of sp³-hybridized carbons (Fsp3) is 0.160. The van der Waals surface area contributed by atoms with Gasteiger partial charge in [0.25, 0.3) is 11.7 Å². The molecule has 1 fully saturated rings. The molecule has 0 aliphatic carbocycles. The van der Waals surface area contributed by atoms with Gasteiger partial charge in [-0.05, 0) is 75.9 Å². The summed E-state index contributed by atoms with van der Waals surface area (Å²) >= 11 is 3.40. The van der Waals surface area contributed by atoms with Crippen molar-refractivity contribution >= 4 is 39.1 Å². The molecule has 3 aromatic rings. The number of methoxy groups -OCH3 is 1. The Kier molecular flexibility index (Phi) is 6.10. The summed E-state index contributed by atoms with van der Waals surface area (Å²) in [6.07, 6.45) is 4.05. The lowest BCUT2D eigenvalue weighted by Crippen LogP contribution is -2.29. The SMILES string of the molecule is CCc1ccc(N2C(=O)C(=O)/C(=C(\O)c3ccc(OC)c(Br)c3)C2c2ccncc2)cc1. The first-order valence-corrected chi connectivity index (χ1v) is 10.9. The van der Waals surface area contributed by atoms with Crippen LogP contribution in [0.2, 0.25) is 0 Å². The number of hydrogen-bond donors (Lipinski definition) is 1. The van der Waals surface area contributed by atoms with Gasteiger partial charge in [-0.2, -0.15) is 0 Å². The van der Waals surface area contributed by atoms with Crippen LogP contribution in [-0.2, 0) is 16.0 Å². The maximum Gasteiger partial charge on any atom is 0.300 e. The van der Waals surface area contributed by atoms with Gasteiger partial charge in [0.15, 0.2) is 0 Å². The molecule has 1 aliphatic rings. The first-order valence-electron chi connectivity index (χ1n) is 10.1. The van der Waals surface area contributed by atoms with E-state index in [1.165, 1.54) is 4.90 Å². The Labute approximate surface area is 194 Å². The second-order valence-corrected chi connectivity index (χ2v) is 8.17. The van der Waals surface area contributed by atoms with Crippen molar-refractivity contribution in [2.24, 2.45) is 0 Å². The quantitative estimate of drug-likeness (QED) is 0.306. The van der Waals surface area contributed by atoms with Crippen LogP contribution in [0.1, 0.15) is 29.7 Å². The number of carbonyl (C=O) groups is 2. The normalized spacial score (nSPS) is 17.6. The van der Waals surface area contributed by atoms with Crippen LogP contribution in [0, 0.1) is 0 Å². The molecule has 7 heteroatoms. The predicted octanol–water partition coefficient (Wildman–Crippen LogP) is 5.04. The molecule has 1 atom stereocenters. The van der Waals surface area contributed by atoms with E-state index in [1.54, 1.807) is 49.8 Å². The third-order valence-corrected chi connectivity index (χ3v) is 6.13. The minimum absolute atomic E-state index is 0.0258. The number of amides is 1. The number of anilines is 1. The van der Waals surface area contributed by atoms with Crippen LogP contribution in [0.15, 0.2) is 77.0 Å². The lowest BCUT2D eigenvalue weighted by molar-refractivity contribution is -0.132. The molecule has 1 aliphatic heterocycles. The molecule has 4 rings (SSSR count). The maximum atomic E-state index is 13.2. The number of halogens is 1. The van der Waals surface area contributed by atoms with E-state index in [4.69, 9.17) is 4.74 Å². The number of benzene rings is 2. The second kappa shape index (κ2) is 8.96. The number of carbonyl (C=O) groups excluding carboxylic acids is 2. The molecular weight excluding hydrogens is 472 g/mol. The fourth-order valence-electron chi connectivity index (χ4n) is 3.82. The Morgan fingerprint density at radius 3 is 2.38 bits per heavy atom.